The third-order valence-electron chi connectivity index (χ3n) is 1.72. The number of alkyl halides is 1. The third kappa shape index (κ3) is 1.80. The first kappa shape index (κ1) is 8.21. The molecular weight excluding hydrogens is 196 g/mol. The molecule has 0 aromatic rings. The van der Waals surface area contributed by atoms with Crippen LogP contribution in [0, 0.1) is 0 Å². The van der Waals surface area contributed by atoms with Crippen LogP contribution in [0.1, 0.15) is 19.8 Å². The van der Waals surface area contributed by atoms with Crippen molar-refractivity contribution < 1.29 is 9.53 Å². The van der Waals surface area contributed by atoms with Crippen molar-refractivity contribution in [1.82, 2.24) is 0 Å². The second-order valence-corrected chi connectivity index (χ2v) is 3.17. The average molecular weight is 207 g/mol. The smallest absolute Gasteiger partial charge is 0.172 e. The molecule has 0 spiro atoms. The number of Topliss-reactive ketones (excluding diaryl/α,β-unsaturated/α-hetero) is 1. The lowest BCUT2D eigenvalue weighted by molar-refractivity contribution is -0.126. The molecule has 2 atom stereocenters. The number of rotatable bonds is 2. The number of carbonyl (C=O) groups excluding carboxylic acids is 1. The van der Waals surface area contributed by atoms with Crippen LogP contribution in [0.3, 0.4) is 0 Å². The summed E-state index contributed by atoms with van der Waals surface area (Å²) in [5.74, 6) is 0.171. The largest absolute Gasteiger partial charge is 0.367 e. The fourth-order valence-electron chi connectivity index (χ4n) is 1.13. The fourth-order valence-corrected chi connectivity index (χ4v) is 1.49. The number of halogens is 1. The molecule has 10 heavy (non-hydrogen) atoms. The van der Waals surface area contributed by atoms with Gasteiger partial charge in [0.15, 0.2) is 5.78 Å². The number of carbonyl (C=O) groups is 1. The normalized spacial score (nSPS) is 32.6. The molecule has 1 aliphatic heterocycles. The van der Waals surface area contributed by atoms with E-state index in [1.807, 2.05) is 6.92 Å². The first-order valence-electron chi connectivity index (χ1n) is 3.48. The number of hydrogen-bond donors (Lipinski definition) is 0. The van der Waals surface area contributed by atoms with Crippen molar-refractivity contribution in [3.8, 4) is 0 Å². The predicted octanol–water partition coefficient (Wildman–Crippen LogP) is 1.52. The van der Waals surface area contributed by atoms with Crippen molar-refractivity contribution in [3.05, 3.63) is 0 Å². The summed E-state index contributed by atoms with van der Waals surface area (Å²) in [7, 11) is 0. The highest BCUT2D eigenvalue weighted by atomic mass is 79.9. The Balaban J connectivity index is 2.37. The van der Waals surface area contributed by atoms with Crippen molar-refractivity contribution in [1.29, 1.82) is 0 Å². The summed E-state index contributed by atoms with van der Waals surface area (Å²) in [6.45, 7) is 2.00. The van der Waals surface area contributed by atoms with E-state index in [1.54, 1.807) is 0 Å². The highest BCUT2D eigenvalue weighted by molar-refractivity contribution is 9.09. The third-order valence-corrected chi connectivity index (χ3v) is 2.28. The van der Waals surface area contributed by atoms with Crippen LogP contribution < -0.4 is 0 Å². The highest BCUT2D eigenvalue weighted by Gasteiger charge is 2.26. The molecule has 0 bridgehead atoms. The van der Waals surface area contributed by atoms with E-state index in [4.69, 9.17) is 4.74 Å². The summed E-state index contributed by atoms with van der Waals surface area (Å²) in [5, 5.41) is 0.421. The lowest BCUT2D eigenvalue weighted by Crippen LogP contribution is -2.21. The molecule has 0 radical (unpaired) electrons. The molecule has 1 fully saturated rings. The summed E-state index contributed by atoms with van der Waals surface area (Å²) in [6, 6.07) is 0. The Morgan fingerprint density at radius 1 is 1.70 bits per heavy atom. The fraction of sp³-hybridized carbons (Fsp3) is 0.857. The molecule has 0 aliphatic carbocycles. The molecule has 1 aliphatic rings. The SMILES string of the molecule is C[C@@H]1CC[C@@H](C(=O)CBr)O1. The zero-order chi connectivity index (χ0) is 7.56. The van der Waals surface area contributed by atoms with Crippen LogP contribution in [0.2, 0.25) is 0 Å². The van der Waals surface area contributed by atoms with Gasteiger partial charge in [0.05, 0.1) is 11.4 Å². The second-order valence-electron chi connectivity index (χ2n) is 2.61. The Morgan fingerprint density at radius 2 is 2.40 bits per heavy atom. The van der Waals surface area contributed by atoms with Gasteiger partial charge in [-0.25, -0.2) is 0 Å². The van der Waals surface area contributed by atoms with E-state index >= 15 is 0 Å². The highest BCUT2D eigenvalue weighted by Crippen LogP contribution is 2.19. The molecule has 1 heterocycles. The van der Waals surface area contributed by atoms with Gasteiger partial charge in [-0.15, -0.1) is 0 Å². The van der Waals surface area contributed by atoms with Gasteiger partial charge in [0, 0.05) is 0 Å². The van der Waals surface area contributed by atoms with Gasteiger partial charge in [-0.05, 0) is 19.8 Å². The maximum atomic E-state index is 11.0. The van der Waals surface area contributed by atoms with Crippen molar-refractivity contribution in [2.75, 3.05) is 5.33 Å². The second kappa shape index (κ2) is 3.49. The maximum absolute atomic E-state index is 11.0. The summed E-state index contributed by atoms with van der Waals surface area (Å²) in [5.41, 5.74) is 0. The first-order valence-corrected chi connectivity index (χ1v) is 4.60. The Bertz CT molecular complexity index is 136. The van der Waals surface area contributed by atoms with Crippen LogP contribution in [-0.2, 0) is 9.53 Å². The molecule has 0 N–H and O–H groups in total. The zero-order valence-electron chi connectivity index (χ0n) is 5.97. The number of ether oxygens (including phenoxy) is 1. The quantitative estimate of drug-likeness (QED) is 0.641. The van der Waals surface area contributed by atoms with Crippen molar-refractivity contribution in [2.45, 2.75) is 32.0 Å². The Kier molecular flexibility index (Phi) is 2.86. The lowest BCUT2D eigenvalue weighted by atomic mass is 10.1. The molecule has 1 saturated heterocycles. The van der Waals surface area contributed by atoms with Gasteiger partial charge >= 0.3 is 0 Å². The average Bonchev–Trinajstić information content (AvgIpc) is 2.34. The molecule has 0 unspecified atom stereocenters. The molecule has 0 aromatic heterocycles. The van der Waals surface area contributed by atoms with E-state index in [-0.39, 0.29) is 18.0 Å². The van der Waals surface area contributed by atoms with Crippen LogP contribution in [0.4, 0.5) is 0 Å². The van der Waals surface area contributed by atoms with E-state index in [1.165, 1.54) is 0 Å². The van der Waals surface area contributed by atoms with Crippen LogP contribution in [0.25, 0.3) is 0 Å². The van der Waals surface area contributed by atoms with E-state index in [2.05, 4.69) is 15.9 Å². The van der Waals surface area contributed by atoms with Crippen LogP contribution >= 0.6 is 15.9 Å². The zero-order valence-corrected chi connectivity index (χ0v) is 7.56. The van der Waals surface area contributed by atoms with Gasteiger partial charge in [0.2, 0.25) is 0 Å². The monoisotopic (exact) mass is 206 g/mol. The maximum Gasteiger partial charge on any atom is 0.172 e. The summed E-state index contributed by atoms with van der Waals surface area (Å²) >= 11 is 3.12. The molecule has 3 heteroatoms. The molecule has 0 amide bonds. The van der Waals surface area contributed by atoms with Gasteiger partial charge in [0.1, 0.15) is 6.10 Å². The van der Waals surface area contributed by atoms with E-state index in [0.717, 1.165) is 12.8 Å². The number of ketones is 1. The van der Waals surface area contributed by atoms with E-state index in [9.17, 15) is 4.79 Å². The standard InChI is InChI=1S/C7H11BrO2/c1-5-2-3-7(10-5)6(9)4-8/h5,7H,2-4H2,1H3/t5-,7+/m1/s1. The molecule has 58 valence electrons. The molecule has 0 aromatic carbocycles. The lowest BCUT2D eigenvalue weighted by Gasteiger charge is -2.06. The van der Waals surface area contributed by atoms with Gasteiger partial charge in [-0.3, -0.25) is 4.79 Å². The van der Waals surface area contributed by atoms with Gasteiger partial charge in [0.25, 0.3) is 0 Å². The van der Waals surface area contributed by atoms with Crippen molar-refractivity contribution >= 4 is 21.7 Å². The summed E-state index contributed by atoms with van der Waals surface area (Å²) < 4.78 is 5.33. The molecular formula is C7H11BrO2. The van der Waals surface area contributed by atoms with Crippen molar-refractivity contribution in [3.63, 3.8) is 0 Å². The first-order chi connectivity index (χ1) is 4.74. The predicted molar refractivity (Wildman–Crippen MR) is 42.4 cm³/mol. The minimum absolute atomic E-state index is 0.130. The van der Waals surface area contributed by atoms with Crippen molar-refractivity contribution in [2.24, 2.45) is 0 Å². The minimum Gasteiger partial charge on any atom is -0.367 e. The van der Waals surface area contributed by atoms with Crippen LogP contribution in [0.5, 0.6) is 0 Å². The van der Waals surface area contributed by atoms with Crippen LogP contribution in [-0.4, -0.2) is 23.3 Å². The molecule has 1 rings (SSSR count). The van der Waals surface area contributed by atoms with E-state index < -0.39 is 0 Å². The Labute approximate surface area is 69.1 Å². The van der Waals surface area contributed by atoms with Gasteiger partial charge in [-0.2, -0.15) is 0 Å². The summed E-state index contributed by atoms with van der Waals surface area (Å²) in [4.78, 5) is 11.0. The van der Waals surface area contributed by atoms with Gasteiger partial charge < -0.3 is 4.74 Å². The van der Waals surface area contributed by atoms with Crippen LogP contribution in [0.15, 0.2) is 0 Å². The Morgan fingerprint density at radius 3 is 2.80 bits per heavy atom. The van der Waals surface area contributed by atoms with Gasteiger partial charge in [-0.1, -0.05) is 15.9 Å². The summed E-state index contributed by atoms with van der Waals surface area (Å²) in [6.07, 6.45) is 2.05. The number of hydrogen-bond acceptors (Lipinski definition) is 2. The molecule has 2 nitrogen and oxygen atoms in total. The van der Waals surface area contributed by atoms with E-state index in [0.29, 0.717) is 5.33 Å². The minimum atomic E-state index is -0.130. The topological polar surface area (TPSA) is 26.3 Å². The molecule has 0 saturated carbocycles. The Hall–Kier alpha value is 0.110.